The van der Waals surface area contributed by atoms with Crippen LogP contribution in [0.2, 0.25) is 0 Å². The fourth-order valence-electron chi connectivity index (χ4n) is 2.29. The molecule has 2 rings (SSSR count). The Bertz CT molecular complexity index is 383. The van der Waals surface area contributed by atoms with E-state index in [9.17, 15) is 4.39 Å². The van der Waals surface area contributed by atoms with Crippen molar-refractivity contribution in [1.82, 2.24) is 0 Å². The first-order valence-corrected chi connectivity index (χ1v) is 5.89. The molecule has 2 N–H and O–H groups in total. The number of rotatable bonds is 3. The molecular formula is C13H19ClFNO2. The van der Waals surface area contributed by atoms with E-state index in [1.54, 1.807) is 13.2 Å². The van der Waals surface area contributed by atoms with Crippen molar-refractivity contribution in [2.24, 2.45) is 11.7 Å². The molecule has 1 atom stereocenters. The third kappa shape index (κ3) is 3.34. The molecule has 1 aromatic carbocycles. The topological polar surface area (TPSA) is 44.5 Å². The zero-order valence-corrected chi connectivity index (χ0v) is 11.2. The van der Waals surface area contributed by atoms with Crippen LogP contribution in [0.15, 0.2) is 18.2 Å². The second-order valence-electron chi connectivity index (χ2n) is 4.36. The molecule has 1 heterocycles. The highest BCUT2D eigenvalue weighted by Gasteiger charge is 2.24. The quantitative estimate of drug-likeness (QED) is 0.922. The van der Waals surface area contributed by atoms with E-state index in [-0.39, 0.29) is 24.3 Å². The summed E-state index contributed by atoms with van der Waals surface area (Å²) in [6.45, 7) is 1.46. The third-order valence-electron chi connectivity index (χ3n) is 3.32. The van der Waals surface area contributed by atoms with Crippen molar-refractivity contribution in [3.05, 3.63) is 29.6 Å². The summed E-state index contributed by atoms with van der Waals surface area (Å²) in [5.41, 5.74) is 6.96. The SMILES string of the molecule is COc1ccc(F)cc1[C@H](N)C1CCOCC1.Cl. The Morgan fingerprint density at radius 1 is 1.39 bits per heavy atom. The Labute approximate surface area is 113 Å². The maximum Gasteiger partial charge on any atom is 0.123 e. The van der Waals surface area contributed by atoms with Crippen LogP contribution in [-0.4, -0.2) is 20.3 Å². The minimum atomic E-state index is -0.275. The van der Waals surface area contributed by atoms with Crippen molar-refractivity contribution in [3.63, 3.8) is 0 Å². The van der Waals surface area contributed by atoms with E-state index < -0.39 is 0 Å². The van der Waals surface area contributed by atoms with Gasteiger partial charge in [0.1, 0.15) is 11.6 Å². The normalized spacial score (nSPS) is 17.9. The predicted octanol–water partition coefficient (Wildman–Crippen LogP) is 2.68. The van der Waals surface area contributed by atoms with Gasteiger partial charge in [0, 0.05) is 24.8 Å². The molecule has 1 fully saturated rings. The zero-order valence-electron chi connectivity index (χ0n) is 10.4. The van der Waals surface area contributed by atoms with Crippen LogP contribution in [0.25, 0.3) is 0 Å². The second-order valence-corrected chi connectivity index (χ2v) is 4.36. The van der Waals surface area contributed by atoms with E-state index in [1.807, 2.05) is 0 Å². The van der Waals surface area contributed by atoms with Gasteiger partial charge in [-0.05, 0) is 37.0 Å². The molecule has 1 aliphatic rings. The molecule has 1 saturated heterocycles. The minimum Gasteiger partial charge on any atom is -0.496 e. The average Bonchev–Trinajstić information content (AvgIpc) is 2.39. The summed E-state index contributed by atoms with van der Waals surface area (Å²) in [4.78, 5) is 0. The first-order chi connectivity index (χ1) is 8.22. The fraction of sp³-hybridized carbons (Fsp3) is 0.538. The summed E-state index contributed by atoms with van der Waals surface area (Å²) in [5.74, 6) is 0.716. The van der Waals surface area contributed by atoms with Gasteiger partial charge in [0.25, 0.3) is 0 Å². The smallest absolute Gasteiger partial charge is 0.123 e. The lowest BCUT2D eigenvalue weighted by Gasteiger charge is -2.28. The molecule has 5 heteroatoms. The zero-order chi connectivity index (χ0) is 12.3. The average molecular weight is 276 g/mol. The molecule has 0 aliphatic carbocycles. The van der Waals surface area contributed by atoms with E-state index in [0.29, 0.717) is 11.7 Å². The van der Waals surface area contributed by atoms with E-state index in [2.05, 4.69) is 0 Å². The van der Waals surface area contributed by atoms with Crippen molar-refractivity contribution in [2.75, 3.05) is 20.3 Å². The molecule has 0 bridgehead atoms. The molecule has 0 spiro atoms. The maximum atomic E-state index is 13.3. The van der Waals surface area contributed by atoms with Crippen LogP contribution in [0.5, 0.6) is 5.75 Å². The predicted molar refractivity (Wildman–Crippen MR) is 70.7 cm³/mol. The van der Waals surface area contributed by atoms with Gasteiger partial charge in [-0.15, -0.1) is 12.4 Å². The Balaban J connectivity index is 0.00000162. The Kier molecular flexibility index (Phi) is 5.85. The minimum absolute atomic E-state index is 0. The summed E-state index contributed by atoms with van der Waals surface area (Å²) in [6.07, 6.45) is 1.83. The molecule has 18 heavy (non-hydrogen) atoms. The third-order valence-corrected chi connectivity index (χ3v) is 3.32. The largest absolute Gasteiger partial charge is 0.496 e. The first-order valence-electron chi connectivity index (χ1n) is 5.89. The number of halogens is 2. The summed E-state index contributed by atoms with van der Waals surface area (Å²) in [7, 11) is 1.58. The Hall–Kier alpha value is -0.840. The van der Waals surface area contributed by atoms with Gasteiger partial charge in [0.2, 0.25) is 0 Å². The summed E-state index contributed by atoms with van der Waals surface area (Å²) >= 11 is 0. The fourth-order valence-corrected chi connectivity index (χ4v) is 2.29. The van der Waals surface area contributed by atoms with Crippen molar-refractivity contribution in [2.45, 2.75) is 18.9 Å². The van der Waals surface area contributed by atoms with E-state index >= 15 is 0 Å². The molecule has 1 aromatic rings. The van der Waals surface area contributed by atoms with Crippen LogP contribution in [0.3, 0.4) is 0 Å². The summed E-state index contributed by atoms with van der Waals surface area (Å²) in [6, 6.07) is 4.30. The lowest BCUT2D eigenvalue weighted by Crippen LogP contribution is -2.27. The number of hydrogen-bond donors (Lipinski definition) is 1. The standard InChI is InChI=1S/C13H18FNO2.ClH/c1-16-12-3-2-10(14)8-11(12)13(15)9-4-6-17-7-5-9;/h2-3,8-9,13H,4-7,15H2,1H3;1H/t13-;/m1./s1. The number of methoxy groups -OCH3 is 1. The highest BCUT2D eigenvalue weighted by atomic mass is 35.5. The molecule has 0 saturated carbocycles. The van der Waals surface area contributed by atoms with Crippen molar-refractivity contribution < 1.29 is 13.9 Å². The molecule has 0 radical (unpaired) electrons. The van der Waals surface area contributed by atoms with Gasteiger partial charge in [-0.2, -0.15) is 0 Å². The molecular weight excluding hydrogens is 257 g/mol. The number of benzene rings is 1. The van der Waals surface area contributed by atoms with Crippen molar-refractivity contribution >= 4 is 12.4 Å². The molecule has 0 unspecified atom stereocenters. The van der Waals surface area contributed by atoms with Gasteiger partial charge in [-0.1, -0.05) is 0 Å². The first kappa shape index (κ1) is 15.2. The summed E-state index contributed by atoms with van der Waals surface area (Å²) < 4.78 is 23.8. The number of nitrogens with two attached hydrogens (primary N) is 1. The maximum absolute atomic E-state index is 13.3. The summed E-state index contributed by atoms with van der Waals surface area (Å²) in [5, 5.41) is 0. The van der Waals surface area contributed by atoms with E-state index in [1.165, 1.54) is 12.1 Å². The van der Waals surface area contributed by atoms with Crippen molar-refractivity contribution in [1.29, 1.82) is 0 Å². The van der Waals surface area contributed by atoms with Gasteiger partial charge >= 0.3 is 0 Å². The van der Waals surface area contributed by atoms with Gasteiger partial charge < -0.3 is 15.2 Å². The van der Waals surface area contributed by atoms with Gasteiger partial charge in [-0.25, -0.2) is 4.39 Å². The highest BCUT2D eigenvalue weighted by molar-refractivity contribution is 5.85. The van der Waals surface area contributed by atoms with Crippen LogP contribution in [0.1, 0.15) is 24.4 Å². The monoisotopic (exact) mass is 275 g/mol. The molecule has 0 aromatic heterocycles. The molecule has 3 nitrogen and oxygen atoms in total. The van der Waals surface area contributed by atoms with Crippen molar-refractivity contribution in [3.8, 4) is 5.75 Å². The second kappa shape index (κ2) is 6.92. The van der Waals surface area contributed by atoms with E-state index in [0.717, 1.165) is 31.6 Å². The van der Waals surface area contributed by atoms with Crippen LogP contribution in [-0.2, 0) is 4.74 Å². The number of hydrogen-bond acceptors (Lipinski definition) is 3. The van der Waals surface area contributed by atoms with Crippen LogP contribution < -0.4 is 10.5 Å². The highest BCUT2D eigenvalue weighted by Crippen LogP contribution is 2.33. The molecule has 0 amide bonds. The van der Waals surface area contributed by atoms with Gasteiger partial charge in [0.05, 0.1) is 7.11 Å². The van der Waals surface area contributed by atoms with Crippen LogP contribution in [0, 0.1) is 11.7 Å². The van der Waals surface area contributed by atoms with Crippen LogP contribution >= 0.6 is 12.4 Å². The molecule has 102 valence electrons. The van der Waals surface area contributed by atoms with E-state index in [4.69, 9.17) is 15.2 Å². The molecule has 1 aliphatic heterocycles. The Morgan fingerprint density at radius 3 is 2.67 bits per heavy atom. The number of ether oxygens (including phenoxy) is 2. The Morgan fingerprint density at radius 2 is 2.06 bits per heavy atom. The van der Waals surface area contributed by atoms with Gasteiger partial charge in [-0.3, -0.25) is 0 Å². The van der Waals surface area contributed by atoms with Crippen LogP contribution in [0.4, 0.5) is 4.39 Å². The lowest BCUT2D eigenvalue weighted by atomic mass is 9.87. The lowest BCUT2D eigenvalue weighted by molar-refractivity contribution is 0.0581. The van der Waals surface area contributed by atoms with Gasteiger partial charge in [0.15, 0.2) is 0 Å².